The molecule has 3 aromatic carbocycles. The van der Waals surface area contributed by atoms with Crippen LogP contribution < -0.4 is 59.3 Å². The van der Waals surface area contributed by atoms with Gasteiger partial charge in [0.2, 0.25) is 94.5 Å². The van der Waals surface area contributed by atoms with Crippen LogP contribution in [0, 0.1) is 11.8 Å². The minimum atomic E-state index is -1.88. The van der Waals surface area contributed by atoms with Gasteiger partial charge in [-0.2, -0.15) is 0 Å². The number of aromatic nitrogens is 4. The Hall–Kier alpha value is -13.3. The van der Waals surface area contributed by atoms with E-state index >= 15 is 38.4 Å². The topological polar surface area (TPSA) is 625 Å². The number of aliphatic hydroxyl groups excluding tert-OH is 2. The number of nitrogens with two attached hydrogens (primary N) is 2. The van der Waals surface area contributed by atoms with Crippen LogP contribution in [0.5, 0.6) is 5.75 Å². The minimum absolute atomic E-state index is 0.00461. The molecule has 0 unspecified atom stereocenters. The highest BCUT2D eigenvalue weighted by Gasteiger charge is 2.47. The molecule has 3 aromatic heterocycles. The first kappa shape index (κ1) is 104. The van der Waals surface area contributed by atoms with Crippen LogP contribution in [0.25, 0.3) is 21.8 Å². The number of hydrogen-bond donors (Lipinski definition) is 18. The molecule has 0 spiro atoms. The minimum Gasteiger partial charge on any atom is -0.508 e. The van der Waals surface area contributed by atoms with Crippen LogP contribution in [-0.4, -0.2) is 315 Å². The molecule has 6 aromatic rings. The first-order valence-electron chi connectivity index (χ1n) is 44.9. The smallest absolute Gasteiger partial charge is 0.303 e. The molecule has 43 heteroatoms. The van der Waals surface area contributed by atoms with Crippen molar-refractivity contribution in [2.45, 2.75) is 235 Å². The number of unbranched alkanes of at least 4 members (excludes halogenated alkanes) is 2. The van der Waals surface area contributed by atoms with E-state index in [9.17, 15) is 68.4 Å². The molecular weight excluding hydrogens is 1760 g/mol. The number of carbonyl (C=O) groups is 18. The van der Waals surface area contributed by atoms with E-state index in [0.717, 1.165) is 31.4 Å². The molecule has 3 aliphatic rings. The summed E-state index contributed by atoms with van der Waals surface area (Å²) in [5, 5.41) is 67.7. The van der Waals surface area contributed by atoms with Gasteiger partial charge in [-0.3, -0.25) is 86.3 Å². The third-order valence-corrected chi connectivity index (χ3v) is 25.3. The van der Waals surface area contributed by atoms with Crippen LogP contribution in [0.3, 0.4) is 0 Å². The molecule has 0 bridgehead atoms. The van der Waals surface area contributed by atoms with Gasteiger partial charge in [0.15, 0.2) is 5.78 Å². The second kappa shape index (κ2) is 49.4. The van der Waals surface area contributed by atoms with Gasteiger partial charge in [-0.15, -0.1) is 11.8 Å². The van der Waals surface area contributed by atoms with Crippen LogP contribution in [0.1, 0.15) is 147 Å². The molecule has 3 saturated heterocycles. The number of carboxylic acid groups (broad SMARTS) is 1. The fraction of sp³-hybridized carbons (Fsp3) is 0.527. The first-order chi connectivity index (χ1) is 63.8. The zero-order valence-corrected chi connectivity index (χ0v) is 77.1. The van der Waals surface area contributed by atoms with Crippen molar-refractivity contribution in [2.75, 3.05) is 58.9 Å². The number of benzene rings is 3. The SMILES string of the molecule is CCCC[C@H]1C(=O)N(C)[C@@H](CCCC)C(=O)N[C@@H](CC(C)C)C(=O)N[C@H](C(=O)NCC(N)=O)CSCC(=O)N[C@@H](Cc2ccc(O)cc2)C(=O)N(C)[C@@H](C)C(=O)N[C@@H](CC(N)=O)C(=O)N2CCC[C@H]2C(=O)N[C@@H](Cc2c[nH]cn2)C(=O)N[C@@H](CCC(=O)O)C(=O)N2C[C@H](O)C[C@H]2C(=O)C[C@@H](Cc2c[nH]c3ccccc23)C(=O)N[C@@H](CO)C(=O)N[C@@H](Cc2c[nH]c3ccccc23)C(=O)N1C. The number of H-pyrrole nitrogens is 3. The molecule has 20 N–H and O–H groups in total. The Morgan fingerprint density at radius 2 is 1.14 bits per heavy atom. The number of para-hydroxylation sites is 2. The van der Waals surface area contributed by atoms with Crippen molar-refractivity contribution in [3.8, 4) is 5.75 Å². The number of carboxylic acids is 1. The number of phenolic OH excluding ortho intramolecular Hbond substituents is 1. The Kier molecular flexibility index (Phi) is 38.5. The number of hydrogen-bond acceptors (Lipinski definition) is 23. The number of amides is 16. The summed E-state index contributed by atoms with van der Waals surface area (Å²) in [5.74, 6) is -20.5. The zero-order chi connectivity index (χ0) is 97.9. The van der Waals surface area contributed by atoms with Gasteiger partial charge in [0.05, 0.1) is 49.5 Å². The number of primary amides is 2. The van der Waals surface area contributed by atoms with Crippen molar-refractivity contribution in [3.63, 3.8) is 0 Å². The number of fused-ring (bicyclic) bond motifs is 4. The number of thioether (sulfide) groups is 1. The van der Waals surface area contributed by atoms with E-state index in [4.69, 9.17) is 11.5 Å². The summed E-state index contributed by atoms with van der Waals surface area (Å²) in [6.45, 7) is 5.93. The molecule has 3 fully saturated rings. The van der Waals surface area contributed by atoms with Crippen molar-refractivity contribution in [1.82, 2.24) is 92.3 Å². The monoisotopic (exact) mass is 1880 g/mol. The molecule has 0 radical (unpaired) electrons. The Morgan fingerprint density at radius 1 is 0.575 bits per heavy atom. The number of aliphatic hydroxyl groups is 2. The van der Waals surface area contributed by atoms with E-state index < -0.39 is 267 Å². The van der Waals surface area contributed by atoms with Crippen molar-refractivity contribution in [2.24, 2.45) is 23.3 Å². The van der Waals surface area contributed by atoms with Gasteiger partial charge in [-0.05, 0) is 98.7 Å². The molecule has 42 nitrogen and oxygen atoms in total. The second-order valence-corrected chi connectivity index (χ2v) is 35.7. The summed E-state index contributed by atoms with van der Waals surface area (Å²) >= 11 is 0.783. The van der Waals surface area contributed by atoms with Gasteiger partial charge in [-0.25, -0.2) is 4.98 Å². The summed E-state index contributed by atoms with van der Waals surface area (Å²) in [7, 11) is 3.92. The van der Waals surface area contributed by atoms with Crippen molar-refractivity contribution < 1.29 is 107 Å². The number of imidazole rings is 1. The zero-order valence-electron chi connectivity index (χ0n) is 76.3. The molecular formula is C91H124N20O22S. The van der Waals surface area contributed by atoms with Crippen LogP contribution in [0.4, 0.5) is 0 Å². The van der Waals surface area contributed by atoms with Gasteiger partial charge in [0.1, 0.15) is 78.3 Å². The standard InChI is InChI=1S/C91H124N20O22S/c1-9-11-22-70-85(127)101-63(32-49(3)4)82(124)106-69(81(123)97-43-76(93)117)46-134-47-77(118)99-65(33-51-25-27-56(113)28-26-51)87(129)107(6)50(5)79(121)103-67(39-75(92)116)90(132)110-31-17-24-71(110)86(128)102-64(37-55-42-94-48-98-55)83(125)100-62(29-30-78(119)120)89(131)111-44-57(114)38-73(111)74(115)36-52(34-53-40-95-60-20-15-13-18-58(53)60)80(122)105-68(45-112)84(126)104-66(35-54-41-96-61-21-16-14-19-59(54)61)88(130)109(8)72(23-12-10-2)91(133)108(70)7/h13-16,18-21,25-28,40-42,48-50,52,57,62-73,95-96,112-114H,9-12,17,22-24,29-39,43-47H2,1-8H3,(H2,92,116)(H2,93,117)(H,94,98)(H,97,123)(H,99,118)(H,100,125)(H,101,127)(H,102,128)(H,103,121)(H,104,126)(H,105,122)(H,106,124)(H,119,120)/t50-,52+,57+,62-,63-,64-,65-,66-,67-,68-,69-,70-,71-,72-,73-/m0/s1. The average molecular weight is 1880 g/mol. The number of rotatable bonds is 25. The molecule has 0 saturated carbocycles. The Labute approximate surface area is 778 Å². The number of phenols is 1. The molecule has 6 heterocycles. The average Bonchev–Trinajstić information content (AvgIpc) is 1.37. The highest BCUT2D eigenvalue weighted by molar-refractivity contribution is 8.00. The number of aromatic hydroxyl groups is 1. The van der Waals surface area contributed by atoms with Crippen LogP contribution in [-0.2, 0) is 112 Å². The number of nitrogens with one attached hydrogen (secondary N) is 12. The largest absolute Gasteiger partial charge is 0.508 e. The molecule has 134 heavy (non-hydrogen) atoms. The Balaban J connectivity index is 1.10. The third kappa shape index (κ3) is 28.6. The lowest BCUT2D eigenvalue weighted by Gasteiger charge is -2.36. The fourth-order valence-corrected chi connectivity index (χ4v) is 17.7. The third-order valence-electron chi connectivity index (χ3n) is 24.3. The second-order valence-electron chi connectivity index (χ2n) is 34.7. The summed E-state index contributed by atoms with van der Waals surface area (Å²) < 4.78 is 0. The summed E-state index contributed by atoms with van der Waals surface area (Å²) in [6.07, 6.45) is 1.52. The first-order valence-corrected chi connectivity index (χ1v) is 46.1. The molecule has 726 valence electrons. The molecule has 0 aliphatic carbocycles. The number of ketones is 1. The number of Topliss-reactive ketones (excluding diaryl/α,β-unsaturated/α-hetero) is 1. The van der Waals surface area contributed by atoms with E-state index in [0.29, 0.717) is 64.2 Å². The molecule has 3 aliphatic heterocycles. The fourth-order valence-electron chi connectivity index (χ4n) is 16.8. The predicted molar refractivity (Wildman–Crippen MR) is 489 cm³/mol. The van der Waals surface area contributed by atoms with Crippen molar-refractivity contribution >= 4 is 140 Å². The van der Waals surface area contributed by atoms with E-state index in [1.165, 1.54) is 69.8 Å². The maximum absolute atomic E-state index is 15.7. The predicted octanol–water partition coefficient (Wildman–Crippen LogP) is -1.24. The van der Waals surface area contributed by atoms with Crippen molar-refractivity contribution in [1.29, 1.82) is 0 Å². The van der Waals surface area contributed by atoms with Crippen molar-refractivity contribution in [3.05, 3.63) is 120 Å². The molecule has 16 amide bonds. The Bertz CT molecular complexity index is 5200. The Morgan fingerprint density at radius 3 is 1.75 bits per heavy atom. The lowest BCUT2D eigenvalue weighted by molar-refractivity contribution is -0.149. The number of aromatic amines is 3. The highest BCUT2D eigenvalue weighted by Crippen LogP contribution is 2.30. The highest BCUT2D eigenvalue weighted by atomic mass is 32.2. The van der Waals surface area contributed by atoms with Crippen LogP contribution in [0.2, 0.25) is 0 Å². The number of carbonyl (C=O) groups excluding carboxylic acids is 17. The summed E-state index contributed by atoms with van der Waals surface area (Å²) in [4.78, 5) is 281. The van der Waals surface area contributed by atoms with E-state index in [2.05, 4.69) is 67.8 Å². The van der Waals surface area contributed by atoms with Gasteiger partial charge in [0.25, 0.3) is 0 Å². The van der Waals surface area contributed by atoms with Gasteiger partial charge in [-0.1, -0.05) is 102 Å². The summed E-state index contributed by atoms with van der Waals surface area (Å²) in [6, 6.07) is -0.994. The lowest BCUT2D eigenvalue weighted by Crippen LogP contribution is -2.61. The lowest BCUT2D eigenvalue weighted by atomic mass is 9.90. The van der Waals surface area contributed by atoms with E-state index in [1.807, 2.05) is 13.8 Å². The van der Waals surface area contributed by atoms with Gasteiger partial charge < -0.3 is 119 Å². The quantitative estimate of drug-likeness (QED) is 0.0319. The van der Waals surface area contributed by atoms with E-state index in [1.54, 1.807) is 74.8 Å². The number of likely N-dealkylation sites (N-methyl/N-ethyl adjacent to an activating group) is 3. The molecule has 15 atom stereocenters. The van der Waals surface area contributed by atoms with Gasteiger partial charge in [0, 0.05) is 125 Å². The van der Waals surface area contributed by atoms with Gasteiger partial charge >= 0.3 is 5.97 Å². The van der Waals surface area contributed by atoms with Crippen LogP contribution in [0.15, 0.2) is 97.7 Å². The van der Waals surface area contributed by atoms with Crippen LogP contribution >= 0.6 is 11.8 Å². The van der Waals surface area contributed by atoms with E-state index in [-0.39, 0.29) is 75.3 Å². The number of nitrogens with zero attached hydrogens (tertiary/aromatic N) is 6. The summed E-state index contributed by atoms with van der Waals surface area (Å²) in [5.41, 5.74) is 14.0. The maximum atomic E-state index is 15.7. The number of aliphatic carboxylic acids is 1. The maximum Gasteiger partial charge on any atom is 0.303 e. The molecule has 9 rings (SSSR count). The normalized spacial score (nSPS) is 24.9.